The maximum atomic E-state index is 5.18. The van der Waals surface area contributed by atoms with Gasteiger partial charge in [-0.1, -0.05) is 36.4 Å². The zero-order valence-corrected chi connectivity index (χ0v) is 15.4. The average Bonchev–Trinajstić information content (AvgIpc) is 3.24. The van der Waals surface area contributed by atoms with E-state index in [9.17, 15) is 0 Å². The monoisotopic (exact) mass is 350 g/mol. The van der Waals surface area contributed by atoms with Crippen molar-refractivity contribution in [2.75, 3.05) is 32.1 Å². The number of anilines is 1. The summed E-state index contributed by atoms with van der Waals surface area (Å²) in [5, 5.41) is 6.69. The molecule has 3 rings (SSSR count). The lowest BCUT2D eigenvalue weighted by molar-refractivity contribution is 0.414. The van der Waals surface area contributed by atoms with E-state index in [0.29, 0.717) is 6.54 Å². The van der Waals surface area contributed by atoms with Crippen molar-refractivity contribution in [2.24, 2.45) is 4.99 Å². The number of ether oxygens (including phenoxy) is 1. The van der Waals surface area contributed by atoms with Crippen LogP contribution in [0.5, 0.6) is 5.75 Å². The highest BCUT2D eigenvalue weighted by Gasteiger charge is 2.07. The van der Waals surface area contributed by atoms with E-state index in [1.54, 1.807) is 14.2 Å². The van der Waals surface area contributed by atoms with Crippen molar-refractivity contribution in [3.8, 4) is 5.75 Å². The Labute approximate surface area is 155 Å². The summed E-state index contributed by atoms with van der Waals surface area (Å²) in [6.45, 7) is 3.45. The molecule has 26 heavy (non-hydrogen) atoms. The molecule has 0 aliphatic carbocycles. The van der Waals surface area contributed by atoms with Gasteiger partial charge in [0, 0.05) is 38.9 Å². The van der Waals surface area contributed by atoms with Crippen LogP contribution in [0, 0.1) is 0 Å². The van der Waals surface area contributed by atoms with Crippen LogP contribution in [0.1, 0.15) is 11.1 Å². The first-order valence-electron chi connectivity index (χ1n) is 8.85. The summed E-state index contributed by atoms with van der Waals surface area (Å²) in [4.78, 5) is 6.63. The molecule has 0 bridgehead atoms. The smallest absolute Gasteiger partial charge is 0.191 e. The van der Waals surface area contributed by atoms with Gasteiger partial charge >= 0.3 is 0 Å². The summed E-state index contributed by atoms with van der Waals surface area (Å²) in [5.41, 5.74) is 3.67. The van der Waals surface area contributed by atoms with E-state index in [1.807, 2.05) is 24.3 Å². The van der Waals surface area contributed by atoms with Crippen molar-refractivity contribution in [1.82, 2.24) is 10.6 Å². The highest BCUT2D eigenvalue weighted by atomic mass is 16.5. The van der Waals surface area contributed by atoms with Gasteiger partial charge < -0.3 is 20.3 Å². The van der Waals surface area contributed by atoms with Gasteiger partial charge in [-0.2, -0.15) is 0 Å². The Morgan fingerprint density at radius 1 is 0.923 bits per heavy atom. The van der Waals surface area contributed by atoms with Crippen LogP contribution in [-0.4, -0.2) is 33.2 Å². The maximum Gasteiger partial charge on any atom is 0.191 e. The molecule has 2 N–H and O–H groups in total. The first kappa shape index (κ1) is 17.9. The second-order valence-electron chi connectivity index (χ2n) is 6.17. The molecule has 2 aromatic carbocycles. The Bertz CT molecular complexity index is 743. The fraction of sp³-hybridized carbons (Fsp3) is 0.286. The van der Waals surface area contributed by atoms with Crippen LogP contribution < -0.4 is 20.3 Å². The van der Waals surface area contributed by atoms with Crippen molar-refractivity contribution >= 4 is 11.6 Å². The predicted octanol–water partition coefficient (Wildman–Crippen LogP) is 2.94. The first-order valence-corrected chi connectivity index (χ1v) is 8.85. The molecule has 5 nitrogen and oxygen atoms in total. The van der Waals surface area contributed by atoms with Gasteiger partial charge in [0.2, 0.25) is 0 Å². The topological polar surface area (TPSA) is 48.9 Å². The van der Waals surface area contributed by atoms with Crippen molar-refractivity contribution in [2.45, 2.75) is 13.1 Å². The van der Waals surface area contributed by atoms with Crippen LogP contribution in [0.4, 0.5) is 5.69 Å². The first-order chi connectivity index (χ1) is 12.8. The molecule has 0 fully saturated rings. The quantitative estimate of drug-likeness (QED) is 0.478. The van der Waals surface area contributed by atoms with Crippen LogP contribution in [0.15, 0.2) is 65.7 Å². The van der Waals surface area contributed by atoms with Gasteiger partial charge in [-0.05, 0) is 35.4 Å². The molecule has 0 unspecified atom stereocenters. The van der Waals surface area contributed by atoms with Crippen LogP contribution in [-0.2, 0) is 13.1 Å². The Morgan fingerprint density at radius 2 is 1.46 bits per heavy atom. The van der Waals surface area contributed by atoms with E-state index in [2.05, 4.69) is 56.9 Å². The molecule has 0 saturated carbocycles. The number of methoxy groups -OCH3 is 1. The Balaban J connectivity index is 1.47. The number of nitrogens with zero attached hydrogens (tertiary/aromatic N) is 2. The number of aliphatic imine (C=N–C) groups is 1. The summed E-state index contributed by atoms with van der Waals surface area (Å²) < 4.78 is 5.18. The summed E-state index contributed by atoms with van der Waals surface area (Å²) in [7, 11) is 3.46. The van der Waals surface area contributed by atoms with Crippen LogP contribution in [0.3, 0.4) is 0 Å². The molecule has 2 aromatic rings. The van der Waals surface area contributed by atoms with E-state index >= 15 is 0 Å². The minimum Gasteiger partial charge on any atom is -0.497 e. The number of guanidine groups is 1. The van der Waals surface area contributed by atoms with Gasteiger partial charge in [-0.3, -0.25) is 4.99 Å². The van der Waals surface area contributed by atoms with Crippen molar-refractivity contribution < 1.29 is 4.74 Å². The normalized spacial score (nSPS) is 13.8. The van der Waals surface area contributed by atoms with Crippen LogP contribution in [0.25, 0.3) is 0 Å². The molecule has 0 saturated heterocycles. The lowest BCUT2D eigenvalue weighted by Gasteiger charge is -2.18. The Morgan fingerprint density at radius 3 is 1.96 bits per heavy atom. The second kappa shape index (κ2) is 8.94. The van der Waals surface area contributed by atoms with Gasteiger partial charge in [0.05, 0.1) is 7.11 Å². The van der Waals surface area contributed by atoms with E-state index in [1.165, 1.54) is 16.8 Å². The third-order valence-electron chi connectivity index (χ3n) is 4.42. The lowest BCUT2D eigenvalue weighted by atomic mass is 10.2. The summed E-state index contributed by atoms with van der Waals surface area (Å²) in [5.74, 6) is 1.65. The molecule has 0 aromatic heterocycles. The largest absolute Gasteiger partial charge is 0.497 e. The van der Waals surface area contributed by atoms with Gasteiger partial charge in [0.1, 0.15) is 5.75 Å². The number of benzene rings is 2. The molecular weight excluding hydrogens is 324 g/mol. The molecule has 0 radical (unpaired) electrons. The van der Waals surface area contributed by atoms with Crippen molar-refractivity contribution in [3.63, 3.8) is 0 Å². The van der Waals surface area contributed by atoms with Crippen LogP contribution in [0.2, 0.25) is 0 Å². The molecule has 0 amide bonds. The molecular formula is C21H26N4O. The zero-order chi connectivity index (χ0) is 18.2. The third kappa shape index (κ3) is 4.79. The van der Waals surface area contributed by atoms with Gasteiger partial charge in [0.25, 0.3) is 0 Å². The van der Waals surface area contributed by atoms with E-state index in [-0.39, 0.29) is 0 Å². The van der Waals surface area contributed by atoms with Crippen LogP contribution >= 0.6 is 0 Å². The SMILES string of the molecule is CN=C(NCc1ccc(OC)cc1)NCc1ccc(N2CC=CC2)cc1. The summed E-state index contributed by atoms with van der Waals surface area (Å²) in [6.07, 6.45) is 4.40. The highest BCUT2D eigenvalue weighted by Crippen LogP contribution is 2.17. The fourth-order valence-corrected chi connectivity index (χ4v) is 2.85. The maximum absolute atomic E-state index is 5.18. The molecule has 5 heteroatoms. The molecule has 0 atom stereocenters. The van der Waals surface area contributed by atoms with E-state index < -0.39 is 0 Å². The Hall–Kier alpha value is -2.95. The fourth-order valence-electron chi connectivity index (χ4n) is 2.85. The van der Waals surface area contributed by atoms with Crippen molar-refractivity contribution in [3.05, 3.63) is 71.8 Å². The standard InChI is InChI=1S/C21H26N4O/c1-22-21(24-16-18-7-11-20(26-2)12-8-18)23-15-17-5-9-19(10-6-17)25-13-3-4-14-25/h3-12H,13-16H2,1-2H3,(H2,22,23,24). The second-order valence-corrected chi connectivity index (χ2v) is 6.17. The predicted molar refractivity (Wildman–Crippen MR) is 108 cm³/mol. The van der Waals surface area contributed by atoms with Gasteiger partial charge in [-0.25, -0.2) is 0 Å². The number of nitrogens with one attached hydrogen (secondary N) is 2. The van der Waals surface area contributed by atoms with E-state index in [4.69, 9.17) is 4.74 Å². The Kier molecular flexibility index (Phi) is 6.14. The molecule has 1 aliphatic rings. The number of hydrogen-bond donors (Lipinski definition) is 2. The number of hydrogen-bond acceptors (Lipinski definition) is 3. The molecule has 1 heterocycles. The molecule has 0 spiro atoms. The third-order valence-corrected chi connectivity index (χ3v) is 4.42. The van der Waals surface area contributed by atoms with Gasteiger partial charge in [0.15, 0.2) is 5.96 Å². The summed E-state index contributed by atoms with van der Waals surface area (Å²) >= 11 is 0. The average molecular weight is 350 g/mol. The number of rotatable bonds is 6. The van der Waals surface area contributed by atoms with Gasteiger partial charge in [-0.15, -0.1) is 0 Å². The highest BCUT2D eigenvalue weighted by molar-refractivity contribution is 5.79. The van der Waals surface area contributed by atoms with Crippen molar-refractivity contribution in [1.29, 1.82) is 0 Å². The minimum atomic E-state index is 0.713. The molecule has 1 aliphatic heterocycles. The van der Waals surface area contributed by atoms with E-state index in [0.717, 1.165) is 31.3 Å². The minimum absolute atomic E-state index is 0.713. The molecule has 136 valence electrons. The lowest BCUT2D eigenvalue weighted by Crippen LogP contribution is -2.36. The zero-order valence-electron chi connectivity index (χ0n) is 15.4. The summed E-state index contributed by atoms with van der Waals surface area (Å²) in [6, 6.07) is 16.7.